The van der Waals surface area contributed by atoms with Crippen LogP contribution in [0.25, 0.3) is 0 Å². The summed E-state index contributed by atoms with van der Waals surface area (Å²) in [6, 6.07) is 1.55. The molecular weight excluding hydrogens is 216 g/mol. The van der Waals surface area contributed by atoms with Crippen molar-refractivity contribution in [2.45, 2.75) is 13.3 Å². The van der Waals surface area contributed by atoms with E-state index in [1.54, 1.807) is 6.07 Å². The van der Waals surface area contributed by atoms with Gasteiger partial charge in [0.2, 0.25) is 11.9 Å². The zero-order valence-electron chi connectivity index (χ0n) is 8.46. The molecule has 5 nitrogen and oxygen atoms in total. The van der Waals surface area contributed by atoms with Crippen molar-refractivity contribution >= 4 is 23.5 Å². The molecule has 0 saturated carbocycles. The van der Waals surface area contributed by atoms with Crippen LogP contribution in [-0.2, 0) is 4.79 Å². The minimum absolute atomic E-state index is 0.175. The number of nitrogens with zero attached hydrogens (tertiary/aromatic N) is 2. The van der Waals surface area contributed by atoms with Gasteiger partial charge in [0.05, 0.1) is 6.54 Å². The second-order valence-corrected chi connectivity index (χ2v) is 3.32. The standard InChI is InChI=1S/C9H13ClN4O/c1-2-4-11-6-8(15)14-9-12-5-3-7(10)13-9/h3,5,11H,2,4,6H2,1H3,(H,12,13,14,15). The van der Waals surface area contributed by atoms with Crippen LogP contribution in [0.4, 0.5) is 5.95 Å². The number of anilines is 1. The molecule has 0 aromatic carbocycles. The number of rotatable bonds is 5. The van der Waals surface area contributed by atoms with Gasteiger partial charge in [0.25, 0.3) is 0 Å². The maximum absolute atomic E-state index is 11.3. The van der Waals surface area contributed by atoms with Gasteiger partial charge in [-0.05, 0) is 19.0 Å². The highest BCUT2D eigenvalue weighted by molar-refractivity contribution is 6.29. The van der Waals surface area contributed by atoms with Crippen molar-refractivity contribution in [3.63, 3.8) is 0 Å². The van der Waals surface area contributed by atoms with Crippen molar-refractivity contribution in [3.05, 3.63) is 17.4 Å². The zero-order chi connectivity index (χ0) is 11.1. The number of aromatic nitrogens is 2. The fourth-order valence-electron chi connectivity index (χ4n) is 0.944. The number of nitrogens with one attached hydrogen (secondary N) is 2. The summed E-state index contributed by atoms with van der Waals surface area (Å²) in [5.74, 6) is 0.0523. The molecule has 0 fully saturated rings. The molecule has 0 unspecified atom stereocenters. The Labute approximate surface area is 93.3 Å². The van der Waals surface area contributed by atoms with Gasteiger partial charge in [-0.1, -0.05) is 18.5 Å². The van der Waals surface area contributed by atoms with Gasteiger partial charge in [-0.3, -0.25) is 10.1 Å². The van der Waals surface area contributed by atoms with Crippen LogP contribution in [0.2, 0.25) is 5.15 Å². The second kappa shape index (κ2) is 6.31. The molecule has 1 heterocycles. The third-order valence-corrected chi connectivity index (χ3v) is 1.80. The van der Waals surface area contributed by atoms with Crippen molar-refractivity contribution in [1.29, 1.82) is 0 Å². The molecule has 0 spiro atoms. The average molecular weight is 229 g/mol. The molecule has 0 radical (unpaired) electrons. The molecule has 0 atom stereocenters. The Bertz CT molecular complexity index is 332. The normalized spacial score (nSPS) is 10.0. The predicted octanol–water partition coefficient (Wildman–Crippen LogP) is 1.07. The van der Waals surface area contributed by atoms with E-state index in [0.29, 0.717) is 5.15 Å². The molecule has 0 aliphatic carbocycles. The first-order valence-electron chi connectivity index (χ1n) is 4.71. The Morgan fingerprint density at radius 1 is 1.60 bits per heavy atom. The summed E-state index contributed by atoms with van der Waals surface area (Å²) in [6.45, 7) is 3.10. The molecule has 6 heteroatoms. The Hall–Kier alpha value is -1.20. The molecule has 82 valence electrons. The quantitative estimate of drug-likeness (QED) is 0.585. The van der Waals surface area contributed by atoms with Crippen LogP contribution in [-0.4, -0.2) is 29.0 Å². The SMILES string of the molecule is CCCNCC(=O)Nc1nccc(Cl)n1. The largest absolute Gasteiger partial charge is 0.308 e. The summed E-state index contributed by atoms with van der Waals surface area (Å²) < 4.78 is 0. The number of halogens is 1. The summed E-state index contributed by atoms with van der Waals surface area (Å²) >= 11 is 5.64. The van der Waals surface area contributed by atoms with E-state index in [1.165, 1.54) is 6.20 Å². The molecule has 0 aliphatic rings. The van der Waals surface area contributed by atoms with Crippen LogP contribution in [0.15, 0.2) is 12.3 Å². The monoisotopic (exact) mass is 228 g/mol. The van der Waals surface area contributed by atoms with Crippen molar-refractivity contribution < 1.29 is 4.79 Å². The van der Waals surface area contributed by atoms with E-state index < -0.39 is 0 Å². The first kappa shape index (κ1) is 11.9. The van der Waals surface area contributed by atoms with Gasteiger partial charge < -0.3 is 5.32 Å². The van der Waals surface area contributed by atoms with E-state index in [0.717, 1.165) is 13.0 Å². The first-order valence-corrected chi connectivity index (χ1v) is 5.09. The van der Waals surface area contributed by atoms with Crippen LogP contribution >= 0.6 is 11.6 Å². The number of amides is 1. The number of hydrogen-bond acceptors (Lipinski definition) is 4. The average Bonchev–Trinajstić information content (AvgIpc) is 2.18. The lowest BCUT2D eigenvalue weighted by atomic mass is 10.4. The molecule has 2 N–H and O–H groups in total. The lowest BCUT2D eigenvalue weighted by Gasteiger charge is -2.04. The first-order chi connectivity index (χ1) is 7.22. The molecule has 0 bridgehead atoms. The second-order valence-electron chi connectivity index (χ2n) is 2.93. The third kappa shape index (κ3) is 4.71. The molecule has 1 aromatic rings. The van der Waals surface area contributed by atoms with Gasteiger partial charge in [0, 0.05) is 6.20 Å². The molecule has 0 aliphatic heterocycles. The van der Waals surface area contributed by atoms with Crippen LogP contribution in [0, 0.1) is 0 Å². The minimum atomic E-state index is -0.175. The van der Waals surface area contributed by atoms with E-state index in [2.05, 4.69) is 20.6 Å². The van der Waals surface area contributed by atoms with Crippen LogP contribution in [0.5, 0.6) is 0 Å². The Kier molecular flexibility index (Phi) is 5.00. The van der Waals surface area contributed by atoms with E-state index in [-0.39, 0.29) is 18.4 Å². The Balaban J connectivity index is 2.37. The molecule has 1 rings (SSSR count). The van der Waals surface area contributed by atoms with Crippen molar-refractivity contribution in [3.8, 4) is 0 Å². The lowest BCUT2D eigenvalue weighted by Crippen LogP contribution is -2.29. The van der Waals surface area contributed by atoms with Gasteiger partial charge in [-0.15, -0.1) is 0 Å². The van der Waals surface area contributed by atoms with E-state index >= 15 is 0 Å². The summed E-state index contributed by atoms with van der Waals surface area (Å²) in [4.78, 5) is 19.0. The highest BCUT2D eigenvalue weighted by Crippen LogP contribution is 2.04. The van der Waals surface area contributed by atoms with E-state index in [9.17, 15) is 4.79 Å². The van der Waals surface area contributed by atoms with Crippen LogP contribution in [0.3, 0.4) is 0 Å². The van der Waals surface area contributed by atoms with E-state index in [1.807, 2.05) is 6.92 Å². The van der Waals surface area contributed by atoms with Crippen LogP contribution < -0.4 is 10.6 Å². The fraction of sp³-hybridized carbons (Fsp3) is 0.444. The maximum Gasteiger partial charge on any atom is 0.240 e. The topological polar surface area (TPSA) is 66.9 Å². The molecular formula is C9H13ClN4O. The highest BCUT2D eigenvalue weighted by Gasteiger charge is 2.03. The third-order valence-electron chi connectivity index (χ3n) is 1.59. The van der Waals surface area contributed by atoms with E-state index in [4.69, 9.17) is 11.6 Å². The predicted molar refractivity (Wildman–Crippen MR) is 58.8 cm³/mol. The van der Waals surface area contributed by atoms with Gasteiger partial charge in [0.15, 0.2) is 0 Å². The summed E-state index contributed by atoms with van der Waals surface area (Å²) in [6.07, 6.45) is 2.48. The molecule has 1 aromatic heterocycles. The Morgan fingerprint density at radius 2 is 2.40 bits per heavy atom. The number of carbonyl (C=O) groups excluding carboxylic acids is 1. The smallest absolute Gasteiger partial charge is 0.240 e. The summed E-state index contributed by atoms with van der Waals surface area (Å²) in [5, 5.41) is 5.81. The maximum atomic E-state index is 11.3. The van der Waals surface area contributed by atoms with Crippen molar-refractivity contribution in [1.82, 2.24) is 15.3 Å². The van der Waals surface area contributed by atoms with Crippen molar-refractivity contribution in [2.75, 3.05) is 18.4 Å². The summed E-state index contributed by atoms with van der Waals surface area (Å²) in [7, 11) is 0. The zero-order valence-corrected chi connectivity index (χ0v) is 9.21. The Morgan fingerprint density at radius 3 is 3.07 bits per heavy atom. The van der Waals surface area contributed by atoms with Gasteiger partial charge in [-0.25, -0.2) is 9.97 Å². The van der Waals surface area contributed by atoms with Gasteiger partial charge in [0.1, 0.15) is 5.15 Å². The number of hydrogen-bond donors (Lipinski definition) is 2. The highest BCUT2D eigenvalue weighted by atomic mass is 35.5. The van der Waals surface area contributed by atoms with Gasteiger partial charge in [-0.2, -0.15) is 0 Å². The van der Waals surface area contributed by atoms with Gasteiger partial charge >= 0.3 is 0 Å². The molecule has 0 saturated heterocycles. The lowest BCUT2D eigenvalue weighted by molar-refractivity contribution is -0.115. The molecule has 15 heavy (non-hydrogen) atoms. The number of carbonyl (C=O) groups is 1. The summed E-state index contributed by atoms with van der Waals surface area (Å²) in [5.41, 5.74) is 0. The fourth-order valence-corrected chi connectivity index (χ4v) is 1.08. The van der Waals surface area contributed by atoms with Crippen molar-refractivity contribution in [2.24, 2.45) is 0 Å². The molecule has 1 amide bonds. The van der Waals surface area contributed by atoms with Crippen LogP contribution in [0.1, 0.15) is 13.3 Å². The minimum Gasteiger partial charge on any atom is -0.308 e.